The van der Waals surface area contributed by atoms with E-state index in [1.54, 1.807) is 31.3 Å². The zero-order chi connectivity index (χ0) is 14.7. The van der Waals surface area contributed by atoms with Crippen molar-refractivity contribution in [2.75, 3.05) is 11.9 Å². The van der Waals surface area contributed by atoms with Gasteiger partial charge in [-0.05, 0) is 46.3 Å². The number of para-hydroxylation sites is 1. The number of halogens is 2. The normalized spacial score (nSPS) is 9.90. The van der Waals surface area contributed by atoms with Crippen LogP contribution in [0.15, 0.2) is 46.9 Å². The third-order valence-electron chi connectivity index (χ3n) is 2.85. The molecular formula is C15H10BrFN2O. The number of hydrogen-bond acceptors (Lipinski definition) is 2. The molecule has 0 aliphatic rings. The maximum atomic E-state index is 13.3. The number of hydrogen-bond donors (Lipinski definition) is 0. The molecule has 2 aromatic carbocycles. The molecule has 5 heteroatoms. The lowest BCUT2D eigenvalue weighted by molar-refractivity contribution is 0.0992. The summed E-state index contributed by atoms with van der Waals surface area (Å²) in [6.45, 7) is 0. The Morgan fingerprint density at radius 2 is 2.00 bits per heavy atom. The lowest BCUT2D eigenvalue weighted by Crippen LogP contribution is -2.27. The van der Waals surface area contributed by atoms with Gasteiger partial charge in [-0.25, -0.2) is 4.39 Å². The summed E-state index contributed by atoms with van der Waals surface area (Å²) in [7, 11) is 1.55. The Kier molecular flexibility index (Phi) is 4.16. The van der Waals surface area contributed by atoms with Gasteiger partial charge in [-0.3, -0.25) is 4.79 Å². The fraction of sp³-hybridized carbons (Fsp3) is 0.0667. The van der Waals surface area contributed by atoms with E-state index in [0.717, 1.165) is 6.07 Å². The quantitative estimate of drug-likeness (QED) is 0.840. The molecular weight excluding hydrogens is 323 g/mol. The minimum atomic E-state index is -0.487. The van der Waals surface area contributed by atoms with E-state index < -0.39 is 5.82 Å². The second-order valence-electron chi connectivity index (χ2n) is 4.12. The van der Waals surface area contributed by atoms with E-state index in [4.69, 9.17) is 5.26 Å². The zero-order valence-corrected chi connectivity index (χ0v) is 12.2. The SMILES string of the molecule is CN(C(=O)c1cc(F)ccc1Br)c1ccccc1C#N. The summed E-state index contributed by atoms with van der Waals surface area (Å²) in [5.41, 5.74) is 1.08. The topological polar surface area (TPSA) is 44.1 Å². The maximum absolute atomic E-state index is 13.3. The van der Waals surface area contributed by atoms with Crippen molar-refractivity contribution in [2.45, 2.75) is 0 Å². The van der Waals surface area contributed by atoms with Gasteiger partial charge in [0.05, 0.1) is 16.8 Å². The average Bonchev–Trinajstić information content (AvgIpc) is 2.48. The number of anilines is 1. The largest absolute Gasteiger partial charge is 0.310 e. The fourth-order valence-corrected chi connectivity index (χ4v) is 2.23. The maximum Gasteiger partial charge on any atom is 0.259 e. The highest BCUT2D eigenvalue weighted by Gasteiger charge is 2.19. The molecule has 20 heavy (non-hydrogen) atoms. The number of benzene rings is 2. The van der Waals surface area contributed by atoms with E-state index in [2.05, 4.69) is 15.9 Å². The van der Waals surface area contributed by atoms with Crippen LogP contribution >= 0.6 is 15.9 Å². The van der Waals surface area contributed by atoms with Gasteiger partial charge in [0, 0.05) is 11.5 Å². The van der Waals surface area contributed by atoms with Crippen LogP contribution in [0.5, 0.6) is 0 Å². The fourth-order valence-electron chi connectivity index (χ4n) is 1.81. The van der Waals surface area contributed by atoms with Crippen LogP contribution in [0.4, 0.5) is 10.1 Å². The third kappa shape index (κ3) is 2.70. The minimum absolute atomic E-state index is 0.209. The highest BCUT2D eigenvalue weighted by molar-refractivity contribution is 9.10. The van der Waals surface area contributed by atoms with Crippen molar-refractivity contribution in [3.8, 4) is 6.07 Å². The van der Waals surface area contributed by atoms with Gasteiger partial charge in [0.2, 0.25) is 0 Å². The van der Waals surface area contributed by atoms with Gasteiger partial charge >= 0.3 is 0 Å². The van der Waals surface area contributed by atoms with Crippen LogP contribution in [-0.2, 0) is 0 Å². The molecule has 0 spiro atoms. The van der Waals surface area contributed by atoms with E-state index in [1.165, 1.54) is 17.0 Å². The summed E-state index contributed by atoms with van der Waals surface area (Å²) >= 11 is 3.23. The summed E-state index contributed by atoms with van der Waals surface area (Å²) < 4.78 is 13.8. The molecule has 0 aliphatic carbocycles. The first kappa shape index (κ1) is 14.2. The molecule has 0 aliphatic heterocycles. The van der Waals surface area contributed by atoms with Crippen molar-refractivity contribution >= 4 is 27.5 Å². The predicted molar refractivity (Wildman–Crippen MR) is 78.0 cm³/mol. The molecule has 0 bridgehead atoms. The molecule has 0 saturated carbocycles. The zero-order valence-electron chi connectivity index (χ0n) is 10.6. The highest BCUT2D eigenvalue weighted by Crippen LogP contribution is 2.24. The van der Waals surface area contributed by atoms with E-state index in [0.29, 0.717) is 15.7 Å². The molecule has 3 nitrogen and oxygen atoms in total. The molecule has 0 unspecified atom stereocenters. The summed E-state index contributed by atoms with van der Waals surface area (Å²) in [6.07, 6.45) is 0. The Hall–Kier alpha value is -2.19. The number of carbonyl (C=O) groups is 1. The van der Waals surface area contributed by atoms with Crippen molar-refractivity contribution in [1.82, 2.24) is 0 Å². The van der Waals surface area contributed by atoms with Gasteiger partial charge in [-0.2, -0.15) is 5.26 Å². The van der Waals surface area contributed by atoms with E-state index >= 15 is 0 Å². The van der Waals surface area contributed by atoms with E-state index in [-0.39, 0.29) is 11.5 Å². The Bertz CT molecular complexity index is 709. The lowest BCUT2D eigenvalue weighted by Gasteiger charge is -2.19. The Morgan fingerprint density at radius 1 is 1.30 bits per heavy atom. The molecule has 2 aromatic rings. The van der Waals surface area contributed by atoms with E-state index in [9.17, 15) is 9.18 Å². The van der Waals surface area contributed by atoms with Crippen LogP contribution in [0, 0.1) is 17.1 Å². The first-order chi connectivity index (χ1) is 9.54. The van der Waals surface area contributed by atoms with Crippen LogP contribution in [0.25, 0.3) is 0 Å². The summed E-state index contributed by atoms with van der Waals surface area (Å²) in [5, 5.41) is 9.06. The Labute approximate surface area is 124 Å². The molecule has 0 radical (unpaired) electrons. The number of nitrogens with zero attached hydrogens (tertiary/aromatic N) is 2. The monoisotopic (exact) mass is 332 g/mol. The Balaban J connectivity index is 2.43. The average molecular weight is 333 g/mol. The van der Waals surface area contributed by atoms with Gasteiger partial charge in [0.15, 0.2) is 0 Å². The van der Waals surface area contributed by atoms with Gasteiger partial charge in [0.1, 0.15) is 11.9 Å². The van der Waals surface area contributed by atoms with Crippen LogP contribution in [0.2, 0.25) is 0 Å². The molecule has 0 heterocycles. The number of nitriles is 1. The van der Waals surface area contributed by atoms with Crippen molar-refractivity contribution in [2.24, 2.45) is 0 Å². The van der Waals surface area contributed by atoms with Crippen LogP contribution < -0.4 is 4.90 Å². The molecule has 1 amide bonds. The lowest BCUT2D eigenvalue weighted by atomic mass is 10.1. The number of rotatable bonds is 2. The molecule has 0 N–H and O–H groups in total. The van der Waals surface area contributed by atoms with Gasteiger partial charge < -0.3 is 4.90 Å². The summed E-state index contributed by atoms with van der Waals surface area (Å²) in [4.78, 5) is 13.7. The standard InChI is InChI=1S/C15H10BrFN2O/c1-19(14-5-3-2-4-10(14)9-18)15(20)12-8-11(17)6-7-13(12)16/h2-8H,1H3. The van der Waals surface area contributed by atoms with Crippen LogP contribution in [0.3, 0.4) is 0 Å². The highest BCUT2D eigenvalue weighted by atomic mass is 79.9. The molecule has 0 fully saturated rings. The third-order valence-corrected chi connectivity index (χ3v) is 3.54. The van der Waals surface area contributed by atoms with Crippen molar-refractivity contribution in [3.05, 3.63) is 63.9 Å². The van der Waals surface area contributed by atoms with Crippen molar-refractivity contribution < 1.29 is 9.18 Å². The van der Waals surface area contributed by atoms with Crippen molar-refractivity contribution in [3.63, 3.8) is 0 Å². The van der Waals surface area contributed by atoms with Crippen LogP contribution in [0.1, 0.15) is 15.9 Å². The molecule has 0 aromatic heterocycles. The second kappa shape index (κ2) is 5.85. The van der Waals surface area contributed by atoms with Crippen LogP contribution in [-0.4, -0.2) is 13.0 Å². The number of carbonyl (C=O) groups excluding carboxylic acids is 1. The summed E-state index contributed by atoms with van der Waals surface area (Å²) in [6, 6.07) is 12.7. The molecule has 100 valence electrons. The Morgan fingerprint density at radius 3 is 2.70 bits per heavy atom. The van der Waals surface area contributed by atoms with E-state index in [1.807, 2.05) is 6.07 Å². The minimum Gasteiger partial charge on any atom is -0.310 e. The number of amides is 1. The van der Waals surface area contributed by atoms with Gasteiger partial charge in [-0.1, -0.05) is 12.1 Å². The smallest absolute Gasteiger partial charge is 0.259 e. The summed E-state index contributed by atoms with van der Waals surface area (Å²) in [5.74, 6) is -0.877. The molecule has 2 rings (SSSR count). The van der Waals surface area contributed by atoms with Crippen molar-refractivity contribution in [1.29, 1.82) is 5.26 Å². The molecule has 0 saturated heterocycles. The predicted octanol–water partition coefficient (Wildman–Crippen LogP) is 3.74. The second-order valence-corrected chi connectivity index (χ2v) is 4.97. The first-order valence-electron chi connectivity index (χ1n) is 5.77. The van der Waals surface area contributed by atoms with Gasteiger partial charge in [-0.15, -0.1) is 0 Å². The molecule has 0 atom stereocenters. The van der Waals surface area contributed by atoms with Gasteiger partial charge in [0.25, 0.3) is 5.91 Å². The first-order valence-corrected chi connectivity index (χ1v) is 6.56.